The minimum atomic E-state index is -0.0651. The minimum Gasteiger partial charge on any atom is -0.354 e. The van der Waals surface area contributed by atoms with Crippen molar-refractivity contribution in [2.45, 2.75) is 44.6 Å². The number of thiazole rings is 1. The van der Waals surface area contributed by atoms with Crippen molar-refractivity contribution in [1.29, 1.82) is 0 Å². The third-order valence-corrected chi connectivity index (χ3v) is 6.56. The largest absolute Gasteiger partial charge is 0.354 e. The maximum atomic E-state index is 12.2. The molecule has 1 saturated carbocycles. The van der Waals surface area contributed by atoms with Crippen molar-refractivity contribution in [2.24, 2.45) is 5.92 Å². The van der Waals surface area contributed by atoms with E-state index in [1.54, 1.807) is 9.95 Å². The molecule has 2 aliphatic rings. The van der Waals surface area contributed by atoms with Gasteiger partial charge in [-0.3, -0.25) is 14.2 Å². The molecule has 1 N–H and O–H groups in total. The lowest BCUT2D eigenvalue weighted by molar-refractivity contribution is -0.121. The van der Waals surface area contributed by atoms with E-state index in [-0.39, 0.29) is 22.7 Å². The van der Waals surface area contributed by atoms with Crippen molar-refractivity contribution >= 4 is 17.2 Å². The molecule has 1 spiro atoms. The van der Waals surface area contributed by atoms with E-state index in [0.717, 1.165) is 17.0 Å². The van der Waals surface area contributed by atoms with Gasteiger partial charge in [-0.1, -0.05) is 35.6 Å². The third kappa shape index (κ3) is 2.61. The van der Waals surface area contributed by atoms with Crippen molar-refractivity contribution in [3.8, 4) is 0 Å². The SMILES string of the molecule is Cc1csc(=O)n1CC(=O)NC[C@H]1C[C@]12CCCc1ccccc12. The van der Waals surface area contributed by atoms with Crippen LogP contribution in [0.1, 0.15) is 36.1 Å². The van der Waals surface area contributed by atoms with Gasteiger partial charge >= 0.3 is 4.87 Å². The Balaban J connectivity index is 1.39. The first-order chi connectivity index (χ1) is 11.6. The molecule has 24 heavy (non-hydrogen) atoms. The quantitative estimate of drug-likeness (QED) is 0.929. The molecule has 1 aromatic heterocycles. The summed E-state index contributed by atoms with van der Waals surface area (Å²) in [7, 11) is 0. The number of nitrogens with zero attached hydrogens (tertiary/aromatic N) is 1. The molecule has 1 amide bonds. The Morgan fingerprint density at radius 2 is 2.25 bits per heavy atom. The van der Waals surface area contributed by atoms with Crippen LogP contribution in [0.2, 0.25) is 0 Å². The van der Waals surface area contributed by atoms with Crippen molar-refractivity contribution in [1.82, 2.24) is 9.88 Å². The first-order valence-electron chi connectivity index (χ1n) is 8.60. The van der Waals surface area contributed by atoms with Crippen LogP contribution >= 0.6 is 11.3 Å². The molecule has 0 bridgehead atoms. The van der Waals surface area contributed by atoms with Gasteiger partial charge in [-0.2, -0.15) is 0 Å². The van der Waals surface area contributed by atoms with Crippen LogP contribution in [-0.2, 0) is 23.2 Å². The summed E-state index contributed by atoms with van der Waals surface area (Å²) < 4.78 is 1.54. The monoisotopic (exact) mass is 342 g/mol. The summed E-state index contributed by atoms with van der Waals surface area (Å²) in [5, 5.41) is 4.84. The molecule has 2 aliphatic carbocycles. The number of aryl methyl sites for hydroxylation is 2. The molecule has 0 radical (unpaired) electrons. The predicted octanol–water partition coefficient (Wildman–Crippen LogP) is 2.63. The summed E-state index contributed by atoms with van der Waals surface area (Å²) in [6, 6.07) is 8.77. The zero-order chi connectivity index (χ0) is 16.7. The van der Waals surface area contributed by atoms with E-state index in [1.165, 1.54) is 36.8 Å². The summed E-state index contributed by atoms with van der Waals surface area (Å²) in [6.07, 6.45) is 4.82. The smallest absolute Gasteiger partial charge is 0.307 e. The van der Waals surface area contributed by atoms with Crippen LogP contribution in [0, 0.1) is 12.8 Å². The van der Waals surface area contributed by atoms with Gasteiger partial charge in [0, 0.05) is 23.0 Å². The number of carbonyl (C=O) groups is 1. The Kier molecular flexibility index (Phi) is 3.83. The van der Waals surface area contributed by atoms with Crippen LogP contribution < -0.4 is 10.2 Å². The third-order valence-electron chi connectivity index (χ3n) is 5.68. The van der Waals surface area contributed by atoms with Gasteiger partial charge in [0.15, 0.2) is 0 Å². The number of fused-ring (bicyclic) bond motifs is 2. The molecule has 0 unspecified atom stereocenters. The number of carbonyl (C=O) groups excluding carboxylic acids is 1. The highest BCUT2D eigenvalue weighted by atomic mass is 32.1. The average molecular weight is 342 g/mol. The topological polar surface area (TPSA) is 51.1 Å². The molecule has 4 nitrogen and oxygen atoms in total. The molecule has 0 aliphatic heterocycles. The van der Waals surface area contributed by atoms with Crippen LogP contribution in [0.25, 0.3) is 0 Å². The highest BCUT2D eigenvalue weighted by molar-refractivity contribution is 7.07. The number of amides is 1. The lowest BCUT2D eigenvalue weighted by atomic mass is 9.78. The Bertz CT molecular complexity index is 838. The molecular weight excluding hydrogens is 320 g/mol. The van der Waals surface area contributed by atoms with Gasteiger partial charge in [0.25, 0.3) is 0 Å². The van der Waals surface area contributed by atoms with E-state index in [2.05, 4.69) is 29.6 Å². The first kappa shape index (κ1) is 15.6. The van der Waals surface area contributed by atoms with Gasteiger partial charge < -0.3 is 5.32 Å². The number of benzene rings is 1. The van der Waals surface area contributed by atoms with Gasteiger partial charge in [0.05, 0.1) is 0 Å². The van der Waals surface area contributed by atoms with E-state index in [4.69, 9.17) is 0 Å². The highest BCUT2D eigenvalue weighted by Gasteiger charge is 2.56. The molecule has 0 saturated heterocycles. The molecule has 126 valence electrons. The van der Waals surface area contributed by atoms with E-state index >= 15 is 0 Å². The lowest BCUT2D eigenvalue weighted by Crippen LogP contribution is -2.33. The average Bonchev–Trinajstić information content (AvgIpc) is 3.19. The number of aromatic nitrogens is 1. The van der Waals surface area contributed by atoms with Crippen LogP contribution in [0.15, 0.2) is 34.4 Å². The van der Waals surface area contributed by atoms with Crippen molar-refractivity contribution < 1.29 is 4.79 Å². The van der Waals surface area contributed by atoms with Crippen molar-refractivity contribution in [3.63, 3.8) is 0 Å². The fraction of sp³-hybridized carbons (Fsp3) is 0.474. The van der Waals surface area contributed by atoms with Gasteiger partial charge in [-0.25, -0.2) is 0 Å². The van der Waals surface area contributed by atoms with Crippen molar-refractivity contribution in [2.75, 3.05) is 6.54 Å². The Morgan fingerprint density at radius 1 is 1.42 bits per heavy atom. The summed E-state index contributed by atoms with van der Waals surface area (Å²) >= 11 is 1.15. The fourth-order valence-corrected chi connectivity index (χ4v) is 5.00. The highest BCUT2D eigenvalue weighted by Crippen LogP contribution is 2.59. The van der Waals surface area contributed by atoms with Crippen LogP contribution in [0.4, 0.5) is 0 Å². The van der Waals surface area contributed by atoms with Gasteiger partial charge in [0.1, 0.15) is 6.54 Å². The molecule has 1 heterocycles. The van der Waals surface area contributed by atoms with E-state index < -0.39 is 0 Å². The maximum absolute atomic E-state index is 12.2. The Morgan fingerprint density at radius 3 is 3.04 bits per heavy atom. The zero-order valence-corrected chi connectivity index (χ0v) is 14.7. The first-order valence-corrected chi connectivity index (χ1v) is 9.48. The normalized spacial score (nSPS) is 24.6. The van der Waals surface area contributed by atoms with Gasteiger partial charge in [-0.05, 0) is 49.7 Å². The van der Waals surface area contributed by atoms with Gasteiger partial charge in [-0.15, -0.1) is 0 Å². The molecule has 5 heteroatoms. The molecule has 4 rings (SSSR count). The molecule has 1 fully saturated rings. The predicted molar refractivity (Wildman–Crippen MR) is 95.5 cm³/mol. The Hall–Kier alpha value is -1.88. The molecule has 2 aromatic rings. The van der Waals surface area contributed by atoms with Crippen LogP contribution in [-0.4, -0.2) is 17.0 Å². The number of rotatable bonds is 4. The number of nitrogens with one attached hydrogen (secondary N) is 1. The van der Waals surface area contributed by atoms with E-state index in [1.807, 2.05) is 6.92 Å². The second-order valence-electron chi connectivity index (χ2n) is 7.10. The fourth-order valence-electron chi connectivity index (χ4n) is 4.27. The maximum Gasteiger partial charge on any atom is 0.307 e. The zero-order valence-electron chi connectivity index (χ0n) is 13.9. The van der Waals surface area contributed by atoms with Crippen LogP contribution in [0.5, 0.6) is 0 Å². The molecule has 1 aromatic carbocycles. The lowest BCUT2D eigenvalue weighted by Gasteiger charge is -2.26. The summed E-state index contributed by atoms with van der Waals surface area (Å²) in [5.74, 6) is 0.466. The van der Waals surface area contributed by atoms with E-state index in [9.17, 15) is 9.59 Å². The Labute approximate surface area is 145 Å². The molecule has 2 atom stereocenters. The number of hydrogen-bond acceptors (Lipinski definition) is 3. The number of hydrogen-bond donors (Lipinski definition) is 1. The minimum absolute atomic E-state index is 0.0632. The second-order valence-corrected chi connectivity index (χ2v) is 7.92. The van der Waals surface area contributed by atoms with E-state index in [0.29, 0.717) is 12.5 Å². The standard InChI is InChI=1S/C19H22N2O2S/c1-13-12-24-18(23)21(13)11-17(22)20-10-15-9-19(15)8-4-6-14-5-2-3-7-16(14)19/h2-3,5,7,12,15H,4,6,8-11H2,1H3,(H,20,22)/t15-,19-/m1/s1. The summed E-state index contributed by atoms with van der Waals surface area (Å²) in [5.41, 5.74) is 4.12. The van der Waals surface area contributed by atoms with Crippen LogP contribution in [0.3, 0.4) is 0 Å². The summed E-state index contributed by atoms with van der Waals surface area (Å²) in [4.78, 5) is 23.8. The molecular formula is C19H22N2O2S. The second kappa shape index (κ2) is 5.88. The summed E-state index contributed by atoms with van der Waals surface area (Å²) in [6.45, 7) is 2.70. The van der Waals surface area contributed by atoms with Crippen molar-refractivity contribution in [3.05, 3.63) is 56.1 Å². The van der Waals surface area contributed by atoms with Gasteiger partial charge in [0.2, 0.25) is 5.91 Å².